The molecule has 0 spiro atoms. The van der Waals surface area contributed by atoms with Gasteiger partial charge in [-0.2, -0.15) is 0 Å². The molecule has 5 heteroatoms. The molecule has 5 nitrogen and oxygen atoms in total. The lowest BCUT2D eigenvalue weighted by Gasteiger charge is -2.29. The Bertz CT molecular complexity index is 643. The van der Waals surface area contributed by atoms with E-state index in [0.717, 1.165) is 37.7 Å². The summed E-state index contributed by atoms with van der Waals surface area (Å²) in [6, 6.07) is 9.95. The molecule has 1 aliphatic rings. The average molecular weight is 388 g/mol. The van der Waals surface area contributed by atoms with Crippen LogP contribution < -0.4 is 0 Å². The number of benzene rings is 1. The minimum atomic E-state index is -0.369. The van der Waals surface area contributed by atoms with Crippen LogP contribution in [0.2, 0.25) is 0 Å². The number of carbonyl (C=O) groups is 2. The maximum absolute atomic E-state index is 12.4. The number of nitrogens with zero attached hydrogens (tertiary/aromatic N) is 1. The summed E-state index contributed by atoms with van der Waals surface area (Å²) < 4.78 is 10.7. The second kappa shape index (κ2) is 11.5. The highest BCUT2D eigenvalue weighted by Crippen LogP contribution is 2.30. The Hall–Kier alpha value is -2.30. The normalized spacial score (nSPS) is 17.3. The van der Waals surface area contributed by atoms with Gasteiger partial charge < -0.3 is 9.47 Å². The first-order valence-electron chi connectivity index (χ1n) is 10.4. The van der Waals surface area contributed by atoms with Crippen molar-refractivity contribution in [2.45, 2.75) is 64.8 Å². The molecule has 1 aromatic carbocycles. The van der Waals surface area contributed by atoms with Crippen molar-refractivity contribution in [3.8, 4) is 0 Å². The van der Waals surface area contributed by atoms with Crippen LogP contribution in [0, 0.1) is 5.92 Å². The van der Waals surface area contributed by atoms with Crippen molar-refractivity contribution in [3.05, 3.63) is 48.2 Å². The second-order valence-electron chi connectivity index (χ2n) is 7.40. The van der Waals surface area contributed by atoms with Crippen LogP contribution in [0.1, 0.15) is 57.9 Å². The summed E-state index contributed by atoms with van der Waals surface area (Å²) in [5, 5.41) is 0. The summed E-state index contributed by atoms with van der Waals surface area (Å²) in [4.78, 5) is 26.3. The monoisotopic (exact) mass is 387 g/mol. The van der Waals surface area contributed by atoms with Gasteiger partial charge >= 0.3 is 12.1 Å². The minimum Gasteiger partial charge on any atom is -0.466 e. The smallest absolute Gasteiger partial charge is 0.414 e. The molecule has 0 radical (unpaired) electrons. The third kappa shape index (κ3) is 6.39. The summed E-state index contributed by atoms with van der Waals surface area (Å²) in [7, 11) is 0. The third-order valence-corrected chi connectivity index (χ3v) is 5.14. The number of ether oxygens (including phenoxy) is 2. The molecule has 1 aromatic rings. The van der Waals surface area contributed by atoms with E-state index in [2.05, 4.69) is 20.4 Å². The number of cyclic esters (lactones) is 1. The number of hydrogen-bond donors (Lipinski definition) is 0. The Labute approximate surface area is 168 Å². The Morgan fingerprint density at radius 1 is 1.25 bits per heavy atom. The predicted molar refractivity (Wildman–Crippen MR) is 110 cm³/mol. The van der Waals surface area contributed by atoms with Crippen molar-refractivity contribution in [2.24, 2.45) is 5.92 Å². The van der Waals surface area contributed by atoms with E-state index in [1.165, 1.54) is 0 Å². The van der Waals surface area contributed by atoms with Crippen molar-refractivity contribution in [1.29, 1.82) is 0 Å². The highest BCUT2D eigenvalue weighted by molar-refractivity contribution is 5.74. The number of unbranched alkanes of at least 4 members (excludes halogenated alkanes) is 2. The lowest BCUT2D eigenvalue weighted by molar-refractivity contribution is -0.144. The molecule has 1 heterocycles. The van der Waals surface area contributed by atoms with E-state index in [-0.39, 0.29) is 30.4 Å². The van der Waals surface area contributed by atoms with Crippen molar-refractivity contribution < 1.29 is 19.1 Å². The molecule has 0 saturated carbocycles. The lowest BCUT2D eigenvalue weighted by Crippen LogP contribution is -2.37. The number of carbonyl (C=O) groups excluding carboxylic acids is 2. The maximum Gasteiger partial charge on any atom is 0.414 e. The van der Waals surface area contributed by atoms with Gasteiger partial charge in [-0.25, -0.2) is 4.79 Å². The standard InChI is InChI=1S/C23H33NO4/c1-4-6-13-20(16-22(25)27-14-7-5-2)18(3)24-21(17-28-23(24)26)15-19-11-9-8-10-12-19/h8-12,20-21H,3-7,13-17H2,1-2H3/t20-,21+/m1/s1. The van der Waals surface area contributed by atoms with Crippen LogP contribution in [0.4, 0.5) is 4.79 Å². The minimum absolute atomic E-state index is 0.0948. The van der Waals surface area contributed by atoms with Crippen LogP contribution in [0.15, 0.2) is 42.6 Å². The molecule has 2 rings (SSSR count). The van der Waals surface area contributed by atoms with E-state index in [1.54, 1.807) is 4.90 Å². The summed E-state index contributed by atoms with van der Waals surface area (Å²) in [6.45, 7) is 9.16. The molecule has 0 aromatic heterocycles. The zero-order valence-corrected chi connectivity index (χ0v) is 17.2. The number of rotatable bonds is 12. The van der Waals surface area contributed by atoms with Crippen molar-refractivity contribution in [1.82, 2.24) is 4.90 Å². The lowest BCUT2D eigenvalue weighted by atomic mass is 9.93. The first kappa shape index (κ1) is 22.0. The highest BCUT2D eigenvalue weighted by atomic mass is 16.6. The van der Waals surface area contributed by atoms with Gasteiger partial charge in [0.2, 0.25) is 0 Å². The van der Waals surface area contributed by atoms with Crippen LogP contribution in [0.3, 0.4) is 0 Å². The first-order valence-corrected chi connectivity index (χ1v) is 10.4. The van der Waals surface area contributed by atoms with Gasteiger partial charge in [0, 0.05) is 11.6 Å². The van der Waals surface area contributed by atoms with Gasteiger partial charge in [-0.1, -0.05) is 70.0 Å². The molecule has 0 bridgehead atoms. The zero-order valence-electron chi connectivity index (χ0n) is 17.2. The zero-order chi connectivity index (χ0) is 20.4. The van der Waals surface area contributed by atoms with Gasteiger partial charge in [0.25, 0.3) is 0 Å². The second-order valence-corrected chi connectivity index (χ2v) is 7.40. The first-order chi connectivity index (χ1) is 13.6. The fourth-order valence-electron chi connectivity index (χ4n) is 3.47. The summed E-state index contributed by atoms with van der Waals surface area (Å²) in [5.41, 5.74) is 1.82. The van der Waals surface area contributed by atoms with Gasteiger partial charge in [0.05, 0.1) is 19.1 Å². The van der Waals surface area contributed by atoms with Gasteiger partial charge in [0.1, 0.15) is 6.61 Å². The Morgan fingerprint density at radius 3 is 2.64 bits per heavy atom. The van der Waals surface area contributed by atoms with Crippen molar-refractivity contribution in [2.75, 3.05) is 13.2 Å². The summed E-state index contributed by atoms with van der Waals surface area (Å²) in [6.07, 6.45) is 5.23. The summed E-state index contributed by atoms with van der Waals surface area (Å²) >= 11 is 0. The van der Waals surface area contributed by atoms with Crippen molar-refractivity contribution in [3.63, 3.8) is 0 Å². The molecule has 154 valence electrons. The van der Waals surface area contributed by atoms with E-state index in [4.69, 9.17) is 9.47 Å². The molecular formula is C23H33NO4. The fourth-order valence-corrected chi connectivity index (χ4v) is 3.47. The molecule has 2 atom stereocenters. The Balaban J connectivity index is 2.06. The van der Waals surface area contributed by atoms with Gasteiger partial charge in [-0.3, -0.25) is 9.69 Å². The van der Waals surface area contributed by atoms with Crippen LogP contribution in [-0.2, 0) is 20.7 Å². The largest absolute Gasteiger partial charge is 0.466 e. The molecule has 1 saturated heterocycles. The van der Waals surface area contributed by atoms with E-state index in [1.807, 2.05) is 30.3 Å². The SMILES string of the molecule is C=C([C@H](CCCC)CC(=O)OCCCC)N1C(=O)OC[C@@H]1Cc1ccccc1. The molecule has 1 fully saturated rings. The van der Waals surface area contributed by atoms with Gasteiger partial charge in [0.15, 0.2) is 0 Å². The Kier molecular flexibility index (Phi) is 9.05. The average Bonchev–Trinajstić information content (AvgIpc) is 3.05. The number of allylic oxidation sites excluding steroid dienone is 1. The molecule has 0 unspecified atom stereocenters. The Morgan fingerprint density at radius 2 is 1.96 bits per heavy atom. The molecular weight excluding hydrogens is 354 g/mol. The molecule has 0 N–H and O–H groups in total. The van der Waals surface area contributed by atoms with E-state index in [9.17, 15) is 9.59 Å². The maximum atomic E-state index is 12.4. The third-order valence-electron chi connectivity index (χ3n) is 5.14. The topological polar surface area (TPSA) is 55.8 Å². The molecule has 1 amide bonds. The number of esters is 1. The molecule has 0 aliphatic carbocycles. The molecule has 1 aliphatic heterocycles. The van der Waals surface area contributed by atoms with Crippen LogP contribution >= 0.6 is 0 Å². The van der Waals surface area contributed by atoms with Crippen LogP contribution in [0.25, 0.3) is 0 Å². The highest BCUT2D eigenvalue weighted by Gasteiger charge is 2.37. The van der Waals surface area contributed by atoms with Gasteiger partial charge in [-0.05, 0) is 24.8 Å². The van der Waals surface area contributed by atoms with Gasteiger partial charge in [-0.15, -0.1) is 0 Å². The van der Waals surface area contributed by atoms with E-state index >= 15 is 0 Å². The number of amides is 1. The van der Waals surface area contributed by atoms with Crippen molar-refractivity contribution >= 4 is 12.1 Å². The quantitative estimate of drug-likeness (QED) is 0.370. The predicted octanol–water partition coefficient (Wildman–Crippen LogP) is 5.10. The number of hydrogen-bond acceptors (Lipinski definition) is 4. The van der Waals surface area contributed by atoms with E-state index in [0.29, 0.717) is 25.3 Å². The summed E-state index contributed by atoms with van der Waals surface area (Å²) in [5.74, 6) is -0.333. The van der Waals surface area contributed by atoms with Crippen LogP contribution in [-0.4, -0.2) is 36.2 Å². The fraction of sp³-hybridized carbons (Fsp3) is 0.565. The van der Waals surface area contributed by atoms with E-state index < -0.39 is 0 Å². The molecule has 28 heavy (non-hydrogen) atoms. The van der Waals surface area contributed by atoms with Crippen LogP contribution in [0.5, 0.6) is 0 Å².